The zero-order valence-corrected chi connectivity index (χ0v) is 39.9. The van der Waals surface area contributed by atoms with Crippen LogP contribution < -0.4 is 0 Å². The number of quaternary nitrogens is 1. The van der Waals surface area contributed by atoms with E-state index < -0.39 is 18.1 Å². The minimum Gasteiger partial charge on any atom is -0.477 e. The summed E-state index contributed by atoms with van der Waals surface area (Å²) in [6, 6.07) is -0.617. The van der Waals surface area contributed by atoms with Crippen LogP contribution in [-0.4, -0.2) is 80.6 Å². The van der Waals surface area contributed by atoms with Gasteiger partial charge in [-0.1, -0.05) is 211 Å². The highest BCUT2D eigenvalue weighted by Crippen LogP contribution is 2.17. The Morgan fingerprint density at radius 2 is 0.933 bits per heavy atom. The van der Waals surface area contributed by atoms with Gasteiger partial charge in [-0.2, -0.15) is 0 Å². The third kappa shape index (κ3) is 40.9. The van der Waals surface area contributed by atoms with Gasteiger partial charge in [-0.05, 0) is 32.1 Å². The molecule has 1 N–H and O–H groups in total. The third-order valence-corrected chi connectivity index (χ3v) is 11.4. The summed E-state index contributed by atoms with van der Waals surface area (Å²) >= 11 is 0. The van der Waals surface area contributed by atoms with Crippen molar-refractivity contribution in [3.8, 4) is 0 Å². The number of ether oxygens (including phenoxy) is 3. The summed E-state index contributed by atoms with van der Waals surface area (Å²) in [6.45, 7) is 4.61. The number of allylic oxidation sites excluding steroid dienone is 6. The molecule has 0 aliphatic heterocycles. The molecule has 0 aromatic heterocycles. The number of carbonyl (C=O) groups is 3. The second kappa shape index (κ2) is 43.2. The molecular formula is C52H96NO7+. The van der Waals surface area contributed by atoms with Gasteiger partial charge in [0.05, 0.1) is 34.4 Å². The topological polar surface area (TPSA) is 99.1 Å². The number of carbonyl (C=O) groups excluding carboxylic acids is 2. The SMILES string of the molecule is CC/C=C/C=C/C=C/CCCCCCCC(=O)OC(COCCC(C(=O)O)[N+](C)(C)C)COC(=O)CCCCCCCCCCCCCCCCCCCCCCCCC. The Labute approximate surface area is 370 Å². The summed E-state index contributed by atoms with van der Waals surface area (Å²) in [6.07, 6.45) is 50.6. The molecule has 0 aromatic carbocycles. The second-order valence-corrected chi connectivity index (χ2v) is 18.1. The largest absolute Gasteiger partial charge is 0.477 e. The molecule has 0 amide bonds. The lowest BCUT2D eigenvalue weighted by Crippen LogP contribution is -2.50. The summed E-state index contributed by atoms with van der Waals surface area (Å²) in [5.41, 5.74) is 0. The smallest absolute Gasteiger partial charge is 0.362 e. The van der Waals surface area contributed by atoms with Crippen LogP contribution in [-0.2, 0) is 28.6 Å². The average Bonchev–Trinajstić information content (AvgIpc) is 3.21. The molecule has 0 radical (unpaired) electrons. The Kier molecular flexibility index (Phi) is 41.4. The molecule has 0 aliphatic carbocycles. The lowest BCUT2D eigenvalue weighted by molar-refractivity contribution is -0.887. The van der Waals surface area contributed by atoms with E-state index in [-0.39, 0.29) is 36.2 Å². The van der Waals surface area contributed by atoms with Crippen molar-refractivity contribution in [3.63, 3.8) is 0 Å². The van der Waals surface area contributed by atoms with Gasteiger partial charge in [0.15, 0.2) is 12.1 Å². The van der Waals surface area contributed by atoms with Gasteiger partial charge in [0.2, 0.25) is 0 Å². The maximum atomic E-state index is 12.7. The molecule has 0 rings (SSSR count). The Bertz CT molecular complexity index is 1080. The number of carboxylic acid groups (broad SMARTS) is 1. The maximum absolute atomic E-state index is 12.7. The molecule has 0 saturated heterocycles. The fraction of sp³-hybridized carbons (Fsp3) is 0.827. The van der Waals surface area contributed by atoms with Crippen molar-refractivity contribution in [3.05, 3.63) is 36.5 Å². The van der Waals surface area contributed by atoms with E-state index in [0.29, 0.717) is 19.3 Å². The predicted molar refractivity (Wildman–Crippen MR) is 252 cm³/mol. The summed E-state index contributed by atoms with van der Waals surface area (Å²) in [5.74, 6) is -1.48. The molecular weight excluding hydrogens is 751 g/mol. The molecule has 60 heavy (non-hydrogen) atoms. The van der Waals surface area contributed by atoms with Crippen molar-refractivity contribution in [1.82, 2.24) is 0 Å². The molecule has 2 atom stereocenters. The molecule has 2 unspecified atom stereocenters. The van der Waals surface area contributed by atoms with Crippen molar-refractivity contribution in [2.75, 3.05) is 41.0 Å². The number of aliphatic carboxylic acids is 1. The molecule has 0 saturated carbocycles. The van der Waals surface area contributed by atoms with E-state index in [1.165, 1.54) is 128 Å². The molecule has 0 bridgehead atoms. The molecule has 0 fully saturated rings. The summed E-state index contributed by atoms with van der Waals surface area (Å²) < 4.78 is 17.3. The average molecular weight is 847 g/mol. The van der Waals surface area contributed by atoms with Gasteiger partial charge in [0, 0.05) is 19.3 Å². The van der Waals surface area contributed by atoms with Crippen LogP contribution in [0.1, 0.15) is 226 Å². The summed E-state index contributed by atoms with van der Waals surface area (Å²) in [7, 11) is 5.53. The second-order valence-electron chi connectivity index (χ2n) is 18.1. The van der Waals surface area contributed by atoms with Gasteiger partial charge < -0.3 is 23.8 Å². The van der Waals surface area contributed by atoms with Crippen molar-refractivity contribution in [2.24, 2.45) is 0 Å². The standard InChI is InChI=1S/C52H95NO7/c1-6-8-10-12-14-16-18-20-21-22-23-24-25-26-27-28-29-31-32-34-36-38-40-42-50(54)59-47-48(46-58-45-44-49(52(56)57)53(3,4)5)60-51(55)43-41-39-37-35-33-30-19-17-15-13-11-9-7-2/h9,11,13,15,17,19,48-49H,6-8,10,12,14,16,18,20-47H2,1-5H3/p+1/b11-9+,15-13+,19-17+. The van der Waals surface area contributed by atoms with E-state index in [1.54, 1.807) is 0 Å². The molecule has 0 aromatic rings. The van der Waals surface area contributed by atoms with Crippen molar-refractivity contribution in [1.29, 1.82) is 0 Å². The number of rotatable bonds is 45. The monoisotopic (exact) mass is 847 g/mol. The van der Waals surface area contributed by atoms with Crippen molar-refractivity contribution >= 4 is 17.9 Å². The van der Waals surface area contributed by atoms with Crippen LogP contribution in [0.3, 0.4) is 0 Å². The molecule has 8 nitrogen and oxygen atoms in total. The quantitative estimate of drug-likeness (QED) is 0.0282. The Hall–Kier alpha value is -2.45. The van der Waals surface area contributed by atoms with Gasteiger partial charge in [-0.3, -0.25) is 9.59 Å². The van der Waals surface area contributed by atoms with E-state index in [9.17, 15) is 19.5 Å². The van der Waals surface area contributed by atoms with Gasteiger partial charge in [0.1, 0.15) is 6.61 Å². The van der Waals surface area contributed by atoms with Crippen molar-refractivity contribution < 1.29 is 38.2 Å². The summed E-state index contributed by atoms with van der Waals surface area (Å²) in [5, 5.41) is 9.63. The molecule has 350 valence electrons. The van der Waals surface area contributed by atoms with Gasteiger partial charge in [0.25, 0.3) is 0 Å². The first-order chi connectivity index (χ1) is 29.1. The number of carboxylic acids is 1. The summed E-state index contributed by atoms with van der Waals surface area (Å²) in [4.78, 5) is 37.1. The highest BCUT2D eigenvalue weighted by atomic mass is 16.6. The first-order valence-electron chi connectivity index (χ1n) is 25.1. The first-order valence-corrected chi connectivity index (χ1v) is 25.1. The fourth-order valence-corrected chi connectivity index (χ4v) is 7.51. The first kappa shape index (κ1) is 57.5. The number of nitrogens with zero attached hydrogens (tertiary/aromatic N) is 1. The predicted octanol–water partition coefficient (Wildman–Crippen LogP) is 14.2. The number of esters is 2. The van der Waals surface area contributed by atoms with Crippen LogP contribution in [0.15, 0.2) is 36.5 Å². The van der Waals surface area contributed by atoms with E-state index >= 15 is 0 Å². The Morgan fingerprint density at radius 3 is 1.37 bits per heavy atom. The van der Waals surface area contributed by atoms with E-state index in [4.69, 9.17) is 14.2 Å². The lowest BCUT2D eigenvalue weighted by Gasteiger charge is -2.31. The minimum absolute atomic E-state index is 0.0551. The molecule has 8 heteroatoms. The van der Waals surface area contributed by atoms with Crippen LogP contribution in [0.4, 0.5) is 0 Å². The van der Waals surface area contributed by atoms with Crippen LogP contribution >= 0.6 is 0 Å². The molecule has 0 heterocycles. The highest BCUT2D eigenvalue weighted by molar-refractivity contribution is 5.72. The van der Waals surface area contributed by atoms with Gasteiger partial charge in [-0.25, -0.2) is 4.79 Å². The number of likely N-dealkylation sites (N-methyl/N-ethyl adjacent to an activating group) is 1. The minimum atomic E-state index is -0.877. The Balaban J connectivity index is 4.16. The lowest BCUT2D eigenvalue weighted by atomic mass is 10.0. The normalized spacial score (nSPS) is 13.2. The number of unbranched alkanes of at least 4 members (excludes halogenated alkanes) is 27. The zero-order chi connectivity index (χ0) is 44.2. The zero-order valence-electron chi connectivity index (χ0n) is 39.9. The van der Waals surface area contributed by atoms with Crippen molar-refractivity contribution in [2.45, 2.75) is 238 Å². The molecule has 0 aliphatic rings. The van der Waals surface area contributed by atoms with E-state index in [1.807, 2.05) is 27.2 Å². The van der Waals surface area contributed by atoms with E-state index in [0.717, 1.165) is 64.2 Å². The van der Waals surface area contributed by atoms with E-state index in [2.05, 4.69) is 44.2 Å². The highest BCUT2D eigenvalue weighted by Gasteiger charge is 2.31. The maximum Gasteiger partial charge on any atom is 0.362 e. The van der Waals surface area contributed by atoms with Crippen LogP contribution in [0.5, 0.6) is 0 Å². The molecule has 0 spiro atoms. The van der Waals surface area contributed by atoms with Crippen LogP contribution in [0.2, 0.25) is 0 Å². The van der Waals surface area contributed by atoms with Gasteiger partial charge in [-0.15, -0.1) is 0 Å². The van der Waals surface area contributed by atoms with Gasteiger partial charge >= 0.3 is 17.9 Å². The fourth-order valence-electron chi connectivity index (χ4n) is 7.51. The van der Waals surface area contributed by atoms with Crippen LogP contribution in [0, 0.1) is 0 Å². The number of hydrogen-bond acceptors (Lipinski definition) is 6. The number of hydrogen-bond donors (Lipinski definition) is 1. The third-order valence-electron chi connectivity index (χ3n) is 11.4. The van der Waals surface area contributed by atoms with Crippen LogP contribution in [0.25, 0.3) is 0 Å². The Morgan fingerprint density at radius 1 is 0.517 bits per heavy atom.